The van der Waals surface area contributed by atoms with Crippen molar-refractivity contribution in [2.75, 3.05) is 0 Å². The normalized spacial score (nSPS) is 10.4. The average molecular weight is 332 g/mol. The van der Waals surface area contributed by atoms with Crippen LogP contribution in [0.25, 0.3) is 11.4 Å². The van der Waals surface area contributed by atoms with Gasteiger partial charge in [0, 0.05) is 10.5 Å². The van der Waals surface area contributed by atoms with Gasteiger partial charge in [-0.05, 0) is 18.2 Å². The first-order valence-electron chi connectivity index (χ1n) is 4.70. The molecule has 0 amide bonds. The summed E-state index contributed by atoms with van der Waals surface area (Å²) in [5.74, 6) is -1.88. The minimum absolute atomic E-state index is 0.0585. The summed E-state index contributed by atoms with van der Waals surface area (Å²) in [6.45, 7) is 0. The average Bonchev–Trinajstić information content (AvgIpc) is 2.31. The molecule has 18 heavy (non-hydrogen) atoms. The van der Waals surface area contributed by atoms with Crippen molar-refractivity contribution in [1.82, 2.24) is 9.97 Å². The van der Waals surface area contributed by atoms with E-state index >= 15 is 0 Å². The molecule has 0 fully saturated rings. The first kappa shape index (κ1) is 12.9. The fraction of sp³-hybridized carbons (Fsp3) is 0. The number of carbonyl (C=O) groups is 1. The van der Waals surface area contributed by atoms with Gasteiger partial charge in [-0.25, -0.2) is 19.2 Å². The lowest BCUT2D eigenvalue weighted by Gasteiger charge is -2.04. The number of nitrogens with zero attached hydrogens (tertiary/aromatic N) is 2. The molecule has 0 unspecified atom stereocenters. The van der Waals surface area contributed by atoms with Crippen LogP contribution in [0.3, 0.4) is 0 Å². The maximum Gasteiger partial charge on any atom is 0.354 e. The Hall–Kier alpha value is -1.53. The third-order valence-corrected chi connectivity index (χ3v) is 2.77. The lowest BCUT2D eigenvalue weighted by molar-refractivity contribution is 0.0690. The molecule has 2 rings (SSSR count). The molecular weight excluding hydrogens is 326 g/mol. The summed E-state index contributed by atoms with van der Waals surface area (Å²) < 4.78 is 14.3. The Morgan fingerprint density at radius 1 is 1.33 bits per heavy atom. The van der Waals surface area contributed by atoms with Crippen molar-refractivity contribution in [3.63, 3.8) is 0 Å². The van der Waals surface area contributed by atoms with E-state index in [0.29, 0.717) is 4.47 Å². The van der Waals surface area contributed by atoms with Crippen molar-refractivity contribution >= 4 is 33.5 Å². The van der Waals surface area contributed by atoms with Gasteiger partial charge in [0.25, 0.3) is 0 Å². The highest BCUT2D eigenvalue weighted by Gasteiger charge is 2.14. The number of aromatic carboxylic acids is 1. The summed E-state index contributed by atoms with van der Waals surface area (Å²) in [4.78, 5) is 18.4. The van der Waals surface area contributed by atoms with E-state index in [-0.39, 0.29) is 22.2 Å². The quantitative estimate of drug-likeness (QED) is 0.857. The minimum atomic E-state index is -1.25. The highest BCUT2D eigenvalue weighted by molar-refractivity contribution is 9.10. The van der Waals surface area contributed by atoms with E-state index in [1.165, 1.54) is 18.2 Å². The van der Waals surface area contributed by atoms with E-state index in [1.54, 1.807) is 0 Å². The van der Waals surface area contributed by atoms with Crippen LogP contribution < -0.4 is 0 Å². The summed E-state index contributed by atoms with van der Waals surface area (Å²) in [5, 5.41) is 8.79. The Morgan fingerprint density at radius 3 is 2.72 bits per heavy atom. The second-order valence-electron chi connectivity index (χ2n) is 3.33. The molecule has 0 aliphatic rings. The van der Waals surface area contributed by atoms with Crippen LogP contribution >= 0.6 is 27.5 Å². The number of hydrogen-bond acceptors (Lipinski definition) is 3. The number of aromatic nitrogens is 2. The maximum atomic E-state index is 13.6. The van der Waals surface area contributed by atoms with Crippen LogP contribution in [0.5, 0.6) is 0 Å². The van der Waals surface area contributed by atoms with E-state index in [0.717, 1.165) is 6.07 Å². The monoisotopic (exact) mass is 330 g/mol. The third-order valence-electron chi connectivity index (χ3n) is 2.08. The van der Waals surface area contributed by atoms with Crippen molar-refractivity contribution in [3.8, 4) is 11.4 Å². The molecule has 1 N–H and O–H groups in total. The standard InChI is InChI=1S/C11H5BrClFN2O2/c12-5-1-2-7(14)6(3-5)10-15-8(11(17)18)4-9(13)16-10/h1-4H,(H,17,18). The molecule has 0 saturated carbocycles. The highest BCUT2D eigenvalue weighted by atomic mass is 79.9. The minimum Gasteiger partial charge on any atom is -0.477 e. The smallest absolute Gasteiger partial charge is 0.354 e. The molecule has 92 valence electrons. The molecule has 0 aliphatic heterocycles. The molecule has 0 bridgehead atoms. The van der Waals surface area contributed by atoms with Crippen molar-refractivity contribution in [2.45, 2.75) is 0 Å². The number of hydrogen-bond donors (Lipinski definition) is 1. The first-order valence-corrected chi connectivity index (χ1v) is 5.88. The fourth-order valence-electron chi connectivity index (χ4n) is 1.32. The second-order valence-corrected chi connectivity index (χ2v) is 4.63. The van der Waals surface area contributed by atoms with E-state index in [1.807, 2.05) is 0 Å². The van der Waals surface area contributed by atoms with Gasteiger partial charge in [-0.3, -0.25) is 0 Å². The van der Waals surface area contributed by atoms with Crippen molar-refractivity contribution in [3.05, 3.63) is 45.4 Å². The van der Waals surface area contributed by atoms with Crippen LogP contribution in [0.4, 0.5) is 4.39 Å². The van der Waals surface area contributed by atoms with E-state index < -0.39 is 11.8 Å². The molecule has 0 aliphatic carbocycles. The predicted octanol–water partition coefficient (Wildman–Crippen LogP) is 3.40. The number of benzene rings is 1. The van der Waals surface area contributed by atoms with Crippen LogP contribution in [0.2, 0.25) is 5.15 Å². The summed E-state index contributed by atoms with van der Waals surface area (Å²) in [6, 6.07) is 5.29. The molecule has 1 heterocycles. The van der Waals surface area contributed by atoms with Gasteiger partial charge in [-0.2, -0.15) is 0 Å². The summed E-state index contributed by atoms with van der Waals surface area (Å²) >= 11 is 8.88. The molecule has 2 aromatic rings. The number of rotatable bonds is 2. The van der Waals surface area contributed by atoms with Crippen LogP contribution in [0, 0.1) is 5.82 Å². The van der Waals surface area contributed by atoms with E-state index in [9.17, 15) is 9.18 Å². The Balaban J connectivity index is 2.63. The first-order chi connectivity index (χ1) is 8.47. The van der Waals surface area contributed by atoms with Crippen molar-refractivity contribution < 1.29 is 14.3 Å². The Kier molecular flexibility index (Phi) is 3.58. The molecular formula is C11H5BrClFN2O2. The van der Waals surface area contributed by atoms with Gasteiger partial charge in [-0.15, -0.1) is 0 Å². The van der Waals surface area contributed by atoms with Gasteiger partial charge in [0.15, 0.2) is 11.5 Å². The predicted molar refractivity (Wildman–Crippen MR) is 67.1 cm³/mol. The van der Waals surface area contributed by atoms with Gasteiger partial charge in [0.2, 0.25) is 0 Å². The van der Waals surface area contributed by atoms with Gasteiger partial charge in [-0.1, -0.05) is 27.5 Å². The van der Waals surface area contributed by atoms with E-state index in [4.69, 9.17) is 16.7 Å². The second kappa shape index (κ2) is 4.99. The van der Waals surface area contributed by atoms with Gasteiger partial charge in [0.05, 0.1) is 5.56 Å². The Morgan fingerprint density at radius 2 is 2.06 bits per heavy atom. The topological polar surface area (TPSA) is 63.1 Å². The number of carboxylic acid groups (broad SMARTS) is 1. The zero-order chi connectivity index (χ0) is 13.3. The molecule has 0 radical (unpaired) electrons. The molecule has 0 spiro atoms. The Labute approximate surface area is 115 Å². The lowest BCUT2D eigenvalue weighted by atomic mass is 10.2. The van der Waals surface area contributed by atoms with Crippen molar-refractivity contribution in [1.29, 1.82) is 0 Å². The van der Waals surface area contributed by atoms with Gasteiger partial charge >= 0.3 is 5.97 Å². The van der Waals surface area contributed by atoms with Gasteiger partial charge < -0.3 is 5.11 Å². The molecule has 1 aromatic heterocycles. The zero-order valence-electron chi connectivity index (χ0n) is 8.69. The van der Waals surface area contributed by atoms with Crippen molar-refractivity contribution in [2.24, 2.45) is 0 Å². The van der Waals surface area contributed by atoms with E-state index in [2.05, 4.69) is 25.9 Å². The Bertz CT molecular complexity index is 636. The van der Waals surface area contributed by atoms with Crippen LogP contribution in [0.15, 0.2) is 28.7 Å². The maximum absolute atomic E-state index is 13.6. The fourth-order valence-corrected chi connectivity index (χ4v) is 1.86. The lowest BCUT2D eigenvalue weighted by Crippen LogP contribution is -2.03. The van der Waals surface area contributed by atoms with Gasteiger partial charge in [0.1, 0.15) is 11.0 Å². The molecule has 1 aromatic carbocycles. The largest absolute Gasteiger partial charge is 0.477 e. The molecule has 7 heteroatoms. The van der Waals surface area contributed by atoms with Crippen LogP contribution in [-0.4, -0.2) is 21.0 Å². The molecule has 0 atom stereocenters. The summed E-state index contributed by atoms with van der Waals surface area (Å²) in [7, 11) is 0. The zero-order valence-corrected chi connectivity index (χ0v) is 11.0. The molecule has 0 saturated heterocycles. The number of halogens is 3. The van der Waals surface area contributed by atoms with Crippen LogP contribution in [0.1, 0.15) is 10.5 Å². The van der Waals surface area contributed by atoms with Crippen LogP contribution in [-0.2, 0) is 0 Å². The third kappa shape index (κ3) is 2.65. The SMILES string of the molecule is O=C(O)c1cc(Cl)nc(-c2cc(Br)ccc2F)n1. The highest BCUT2D eigenvalue weighted by Crippen LogP contribution is 2.24. The number of carboxylic acids is 1. The summed E-state index contributed by atoms with van der Waals surface area (Å²) in [5.41, 5.74) is -0.209. The summed E-state index contributed by atoms with van der Waals surface area (Å²) in [6.07, 6.45) is 0. The molecule has 4 nitrogen and oxygen atoms in total.